The van der Waals surface area contributed by atoms with E-state index in [1.165, 1.54) is 0 Å². The van der Waals surface area contributed by atoms with E-state index < -0.39 is 0 Å². The lowest BCUT2D eigenvalue weighted by Crippen LogP contribution is -2.43. The summed E-state index contributed by atoms with van der Waals surface area (Å²) in [5.41, 5.74) is 2.42. The number of amides is 3. The maximum atomic E-state index is 12.7. The van der Waals surface area contributed by atoms with E-state index in [2.05, 4.69) is 10.6 Å². The van der Waals surface area contributed by atoms with E-state index in [9.17, 15) is 9.59 Å². The number of rotatable bonds is 4. The fraction of sp³-hybridized carbons (Fsp3) is 0.364. The monoisotopic (exact) mass is 399 g/mol. The van der Waals surface area contributed by atoms with Crippen LogP contribution >= 0.6 is 11.6 Å². The molecule has 1 aliphatic heterocycles. The zero-order valence-electron chi connectivity index (χ0n) is 16.2. The summed E-state index contributed by atoms with van der Waals surface area (Å²) in [6.45, 7) is 5.15. The van der Waals surface area contributed by atoms with Gasteiger partial charge in [0.2, 0.25) is 5.91 Å². The van der Waals surface area contributed by atoms with Crippen LogP contribution in [0.5, 0.6) is 0 Å². The summed E-state index contributed by atoms with van der Waals surface area (Å²) in [4.78, 5) is 26.9. The smallest absolute Gasteiger partial charge is 0.321 e. The van der Waals surface area contributed by atoms with E-state index in [-0.39, 0.29) is 23.8 Å². The van der Waals surface area contributed by atoms with E-state index >= 15 is 0 Å². The van der Waals surface area contributed by atoms with Gasteiger partial charge < -0.3 is 15.5 Å². The van der Waals surface area contributed by atoms with Gasteiger partial charge in [-0.3, -0.25) is 4.79 Å². The summed E-state index contributed by atoms with van der Waals surface area (Å²) in [5, 5.41) is 6.56. The third-order valence-corrected chi connectivity index (χ3v) is 5.91. The van der Waals surface area contributed by atoms with Gasteiger partial charge in [0, 0.05) is 35.4 Å². The van der Waals surface area contributed by atoms with Crippen molar-refractivity contribution in [3.8, 4) is 0 Å². The molecule has 0 unspecified atom stereocenters. The summed E-state index contributed by atoms with van der Waals surface area (Å²) < 4.78 is 0. The van der Waals surface area contributed by atoms with E-state index in [0.717, 1.165) is 29.8 Å². The predicted octanol–water partition coefficient (Wildman–Crippen LogP) is 5.17. The SMILES string of the molecule is Cc1c(Cl)cccc1NC(=O)[C@@H](C)C1CCN(C(=O)Nc2ccccc2)CC1. The van der Waals surface area contributed by atoms with Crippen LogP contribution in [0.25, 0.3) is 0 Å². The first-order valence-electron chi connectivity index (χ1n) is 9.62. The number of piperidine rings is 1. The molecule has 28 heavy (non-hydrogen) atoms. The number of hydrogen-bond donors (Lipinski definition) is 2. The maximum Gasteiger partial charge on any atom is 0.321 e. The number of carbonyl (C=O) groups is 2. The van der Waals surface area contributed by atoms with Crippen LogP contribution in [0.1, 0.15) is 25.3 Å². The molecule has 3 rings (SSSR count). The molecule has 0 radical (unpaired) electrons. The van der Waals surface area contributed by atoms with Crippen molar-refractivity contribution in [1.29, 1.82) is 0 Å². The second-order valence-corrected chi connectivity index (χ2v) is 7.72. The van der Waals surface area contributed by atoms with Crippen LogP contribution in [-0.2, 0) is 4.79 Å². The van der Waals surface area contributed by atoms with Crippen LogP contribution in [0.3, 0.4) is 0 Å². The molecule has 2 aromatic rings. The Kier molecular flexibility index (Phi) is 6.57. The first-order valence-corrected chi connectivity index (χ1v) is 10.0. The first kappa shape index (κ1) is 20.2. The minimum atomic E-state index is -0.127. The number of hydrogen-bond acceptors (Lipinski definition) is 2. The van der Waals surface area contributed by atoms with E-state index in [1.807, 2.05) is 67.3 Å². The van der Waals surface area contributed by atoms with E-state index in [0.29, 0.717) is 18.1 Å². The lowest BCUT2D eigenvalue weighted by molar-refractivity contribution is -0.121. The summed E-state index contributed by atoms with van der Waals surface area (Å²) in [7, 11) is 0. The Labute approximate surface area is 171 Å². The lowest BCUT2D eigenvalue weighted by Gasteiger charge is -2.34. The van der Waals surface area contributed by atoms with Gasteiger partial charge in [-0.1, -0.05) is 42.8 Å². The molecule has 0 bridgehead atoms. The van der Waals surface area contributed by atoms with Crippen molar-refractivity contribution in [3.05, 3.63) is 59.1 Å². The summed E-state index contributed by atoms with van der Waals surface area (Å²) >= 11 is 6.13. The Balaban J connectivity index is 1.51. The number of carbonyl (C=O) groups excluding carboxylic acids is 2. The van der Waals surface area contributed by atoms with Crippen LogP contribution < -0.4 is 10.6 Å². The van der Waals surface area contributed by atoms with Crippen molar-refractivity contribution in [2.75, 3.05) is 23.7 Å². The molecular formula is C22H26ClN3O2. The first-order chi connectivity index (χ1) is 13.5. The lowest BCUT2D eigenvalue weighted by atomic mass is 9.85. The molecule has 148 valence electrons. The minimum absolute atomic E-state index is 0.00227. The molecule has 0 aliphatic carbocycles. The topological polar surface area (TPSA) is 61.4 Å². The van der Waals surface area contributed by atoms with Crippen LogP contribution in [0.4, 0.5) is 16.2 Å². The number of para-hydroxylation sites is 1. The van der Waals surface area contributed by atoms with Crippen molar-refractivity contribution < 1.29 is 9.59 Å². The quantitative estimate of drug-likeness (QED) is 0.745. The molecule has 0 saturated carbocycles. The van der Waals surface area contributed by atoms with Crippen molar-refractivity contribution in [2.24, 2.45) is 11.8 Å². The zero-order valence-corrected chi connectivity index (χ0v) is 17.0. The summed E-state index contributed by atoms with van der Waals surface area (Å²) in [6, 6.07) is 14.9. The largest absolute Gasteiger partial charge is 0.326 e. The highest BCUT2D eigenvalue weighted by Crippen LogP contribution is 2.28. The highest BCUT2D eigenvalue weighted by molar-refractivity contribution is 6.31. The third kappa shape index (κ3) is 4.84. The van der Waals surface area contributed by atoms with E-state index in [1.54, 1.807) is 0 Å². The van der Waals surface area contributed by atoms with Crippen LogP contribution in [0.15, 0.2) is 48.5 Å². The van der Waals surface area contributed by atoms with Crippen LogP contribution in [0.2, 0.25) is 5.02 Å². The molecule has 1 fully saturated rings. The van der Waals surface area contributed by atoms with Crippen molar-refractivity contribution >= 4 is 34.9 Å². The van der Waals surface area contributed by atoms with Crippen molar-refractivity contribution in [2.45, 2.75) is 26.7 Å². The van der Waals surface area contributed by atoms with Gasteiger partial charge in [0.25, 0.3) is 0 Å². The van der Waals surface area contributed by atoms with Gasteiger partial charge in [-0.05, 0) is 55.5 Å². The molecule has 1 saturated heterocycles. The molecule has 5 nitrogen and oxygen atoms in total. The van der Waals surface area contributed by atoms with Gasteiger partial charge in [0.1, 0.15) is 0 Å². The Hall–Kier alpha value is -2.53. The van der Waals surface area contributed by atoms with Crippen molar-refractivity contribution in [3.63, 3.8) is 0 Å². The van der Waals surface area contributed by atoms with Gasteiger partial charge in [-0.15, -0.1) is 0 Å². The standard InChI is InChI=1S/C22H26ClN3O2/c1-15(21(27)25-20-10-6-9-19(23)16(20)2)17-11-13-26(14-12-17)22(28)24-18-7-4-3-5-8-18/h3-10,15,17H,11-14H2,1-2H3,(H,24,28)(H,25,27)/t15-/m0/s1. The zero-order chi connectivity index (χ0) is 20.1. The number of benzene rings is 2. The molecule has 1 aliphatic rings. The Bertz CT molecular complexity index is 833. The van der Waals surface area contributed by atoms with E-state index in [4.69, 9.17) is 11.6 Å². The Morgan fingerprint density at radius 1 is 1.04 bits per heavy atom. The Morgan fingerprint density at radius 3 is 2.39 bits per heavy atom. The van der Waals surface area contributed by atoms with Crippen LogP contribution in [-0.4, -0.2) is 29.9 Å². The molecule has 0 aromatic heterocycles. The highest BCUT2D eigenvalue weighted by atomic mass is 35.5. The molecular weight excluding hydrogens is 374 g/mol. The number of nitrogens with zero attached hydrogens (tertiary/aromatic N) is 1. The van der Waals surface area contributed by atoms with Gasteiger partial charge >= 0.3 is 6.03 Å². The molecule has 6 heteroatoms. The number of urea groups is 1. The molecule has 2 aromatic carbocycles. The summed E-state index contributed by atoms with van der Waals surface area (Å²) in [6.07, 6.45) is 1.62. The highest BCUT2D eigenvalue weighted by Gasteiger charge is 2.30. The number of likely N-dealkylation sites (tertiary alicyclic amines) is 1. The summed E-state index contributed by atoms with van der Waals surface area (Å²) in [5.74, 6) is 0.121. The number of nitrogens with one attached hydrogen (secondary N) is 2. The molecule has 2 N–H and O–H groups in total. The van der Waals surface area contributed by atoms with Crippen molar-refractivity contribution in [1.82, 2.24) is 4.90 Å². The Morgan fingerprint density at radius 2 is 1.71 bits per heavy atom. The predicted molar refractivity (Wildman–Crippen MR) is 114 cm³/mol. The molecule has 0 spiro atoms. The van der Waals surface area contributed by atoms with Gasteiger partial charge in [-0.25, -0.2) is 4.79 Å². The fourth-order valence-electron chi connectivity index (χ4n) is 3.53. The van der Waals surface area contributed by atoms with Gasteiger partial charge in [0.15, 0.2) is 0 Å². The van der Waals surface area contributed by atoms with Gasteiger partial charge in [0.05, 0.1) is 0 Å². The average Bonchev–Trinajstić information content (AvgIpc) is 2.71. The normalized spacial score (nSPS) is 15.8. The second kappa shape index (κ2) is 9.11. The molecule has 1 atom stereocenters. The number of anilines is 2. The van der Waals surface area contributed by atoms with Gasteiger partial charge in [-0.2, -0.15) is 0 Å². The second-order valence-electron chi connectivity index (χ2n) is 7.31. The molecule has 3 amide bonds. The third-order valence-electron chi connectivity index (χ3n) is 5.50. The fourth-order valence-corrected chi connectivity index (χ4v) is 3.70. The maximum absolute atomic E-state index is 12.7. The number of halogens is 1. The average molecular weight is 400 g/mol. The van der Waals surface area contributed by atoms with Crippen LogP contribution in [0, 0.1) is 18.8 Å². The minimum Gasteiger partial charge on any atom is -0.326 e. The molecule has 1 heterocycles.